The lowest BCUT2D eigenvalue weighted by atomic mass is 9.92. The van der Waals surface area contributed by atoms with Crippen LogP contribution in [0.15, 0.2) is 49.2 Å². The van der Waals surface area contributed by atoms with E-state index in [1.165, 1.54) is 0 Å². The first kappa shape index (κ1) is 33.2. The van der Waals surface area contributed by atoms with Gasteiger partial charge < -0.3 is 24.2 Å². The second kappa shape index (κ2) is 13.7. The van der Waals surface area contributed by atoms with Crippen molar-refractivity contribution in [2.45, 2.75) is 84.8 Å². The van der Waals surface area contributed by atoms with E-state index in [1.54, 1.807) is 17.7 Å². The first-order valence-electron chi connectivity index (χ1n) is 15.8. The Hall–Kier alpha value is -4.13. The number of nitrogens with zero attached hydrogens (tertiary/aromatic N) is 7. The molecule has 1 atom stereocenters. The number of rotatable bonds is 12. The van der Waals surface area contributed by atoms with Gasteiger partial charge in [-0.25, -0.2) is 14.5 Å². The van der Waals surface area contributed by atoms with Gasteiger partial charge in [-0.05, 0) is 59.9 Å². The summed E-state index contributed by atoms with van der Waals surface area (Å²) in [7, 11) is 0. The molecule has 1 N–H and O–H groups in total. The summed E-state index contributed by atoms with van der Waals surface area (Å²) in [6.45, 7) is 17.7. The summed E-state index contributed by atoms with van der Waals surface area (Å²) in [4.78, 5) is 20.6. The molecule has 0 spiro atoms. The summed E-state index contributed by atoms with van der Waals surface area (Å²) in [6.07, 6.45) is 4.16. The zero-order valence-electron chi connectivity index (χ0n) is 27.7. The highest BCUT2D eigenvalue weighted by molar-refractivity contribution is 5.80. The first-order chi connectivity index (χ1) is 21.9. The molecule has 5 rings (SSSR count). The Labute approximate surface area is 270 Å². The van der Waals surface area contributed by atoms with E-state index in [2.05, 4.69) is 28.7 Å². The van der Waals surface area contributed by atoms with Crippen molar-refractivity contribution in [2.24, 2.45) is 0 Å². The number of aromatic nitrogens is 6. The largest absolute Gasteiger partial charge is 0.464 e. The maximum Gasteiger partial charge on any atom is 0.340 e. The molecule has 0 bridgehead atoms. The van der Waals surface area contributed by atoms with Gasteiger partial charge in [0, 0.05) is 30.4 Å². The molecule has 0 unspecified atom stereocenters. The van der Waals surface area contributed by atoms with E-state index in [0.29, 0.717) is 48.8 Å². The summed E-state index contributed by atoms with van der Waals surface area (Å²) in [5.74, 6) is 0.280. The minimum absolute atomic E-state index is 0.0899. The molecule has 1 aliphatic heterocycles. The quantitative estimate of drug-likeness (QED) is 0.172. The summed E-state index contributed by atoms with van der Waals surface area (Å²) < 4.78 is 21.6. The molecule has 1 fully saturated rings. The molecule has 1 aliphatic rings. The number of benzene rings is 1. The number of hydrogen-bond acceptors (Lipinski definition) is 10. The summed E-state index contributed by atoms with van der Waals surface area (Å²) in [5.41, 5.74) is 4.01. The van der Waals surface area contributed by atoms with Gasteiger partial charge in [-0.2, -0.15) is 9.61 Å². The number of aliphatic hydroxyl groups excluding tert-OH is 1. The Morgan fingerprint density at radius 2 is 1.96 bits per heavy atom. The number of hydrogen-bond donors (Lipinski definition) is 1. The smallest absolute Gasteiger partial charge is 0.340 e. The van der Waals surface area contributed by atoms with Gasteiger partial charge in [0.25, 0.3) is 0 Å². The van der Waals surface area contributed by atoms with Crippen molar-refractivity contribution in [3.8, 4) is 11.3 Å². The maximum atomic E-state index is 13.5. The lowest BCUT2D eigenvalue weighted by Gasteiger charge is -2.41. The SMILES string of the molecule is C=CCOC1(C)CCN(c2c([C@H](OC(C)(C)C)C(=O)OCC)c(C)nc3cc(Cn4cc(-c5ccccc5CO)nn4)nn23)CC1. The molecule has 0 radical (unpaired) electrons. The molecule has 4 aromatic rings. The van der Waals surface area contributed by atoms with E-state index in [0.717, 1.165) is 35.5 Å². The standard InChI is InChI=1S/C34H45N7O5/c1-8-18-45-34(7)14-16-39(17-15-34)31-29(30(32(43)44-9-2)46-33(4,5)6)23(3)35-28-19-25(37-41(28)31)20-40-21-27(36-38-40)26-13-11-10-12-24(26)22-42/h8,10-13,19,21,30,42H,1,9,14-18,20,22H2,2-7H3/t30-/m0/s1. The number of anilines is 1. The van der Waals surface area contributed by atoms with Crippen LogP contribution in [0, 0.1) is 6.92 Å². The molecule has 1 aromatic carbocycles. The molecule has 4 heterocycles. The van der Waals surface area contributed by atoms with Crippen molar-refractivity contribution in [2.75, 3.05) is 31.2 Å². The van der Waals surface area contributed by atoms with Gasteiger partial charge >= 0.3 is 5.97 Å². The third-order valence-corrected chi connectivity index (χ3v) is 8.09. The fourth-order valence-electron chi connectivity index (χ4n) is 5.82. The van der Waals surface area contributed by atoms with E-state index in [9.17, 15) is 9.90 Å². The highest BCUT2D eigenvalue weighted by atomic mass is 16.6. The van der Waals surface area contributed by atoms with Crippen molar-refractivity contribution < 1.29 is 24.1 Å². The second-order valence-corrected chi connectivity index (χ2v) is 12.9. The zero-order valence-corrected chi connectivity index (χ0v) is 27.7. The number of carbonyl (C=O) groups excluding carboxylic acids is 1. The average Bonchev–Trinajstić information content (AvgIpc) is 3.65. The van der Waals surface area contributed by atoms with Crippen LogP contribution >= 0.6 is 0 Å². The second-order valence-electron chi connectivity index (χ2n) is 12.9. The number of ether oxygens (including phenoxy) is 3. The normalized spacial score (nSPS) is 15.7. The number of piperidine rings is 1. The third kappa shape index (κ3) is 7.30. The van der Waals surface area contributed by atoms with Gasteiger partial charge in [0.05, 0.1) is 55.0 Å². The van der Waals surface area contributed by atoms with E-state index >= 15 is 0 Å². The molecule has 0 saturated carbocycles. The lowest BCUT2D eigenvalue weighted by molar-refractivity contribution is -0.166. The first-order valence-corrected chi connectivity index (χ1v) is 15.8. The minimum Gasteiger partial charge on any atom is -0.464 e. The van der Waals surface area contributed by atoms with Crippen LogP contribution in [0.25, 0.3) is 16.9 Å². The molecule has 246 valence electrons. The fourth-order valence-corrected chi connectivity index (χ4v) is 5.82. The Morgan fingerprint density at radius 3 is 2.63 bits per heavy atom. The van der Waals surface area contributed by atoms with Crippen LogP contribution in [0.2, 0.25) is 0 Å². The molecule has 12 nitrogen and oxygen atoms in total. The van der Waals surface area contributed by atoms with Crippen molar-refractivity contribution in [1.82, 2.24) is 29.6 Å². The van der Waals surface area contributed by atoms with Gasteiger partial charge in [0.15, 0.2) is 11.8 Å². The topological polar surface area (TPSA) is 129 Å². The molecule has 0 amide bonds. The van der Waals surface area contributed by atoms with Crippen LogP contribution in [-0.2, 0) is 32.2 Å². The van der Waals surface area contributed by atoms with Crippen LogP contribution in [0.3, 0.4) is 0 Å². The molecular formula is C34H45N7O5. The van der Waals surface area contributed by atoms with Crippen molar-refractivity contribution in [3.05, 3.63) is 71.7 Å². The van der Waals surface area contributed by atoms with Crippen LogP contribution in [0.1, 0.15) is 76.1 Å². The number of fused-ring (bicyclic) bond motifs is 1. The highest BCUT2D eigenvalue weighted by Gasteiger charge is 2.38. The number of carbonyl (C=O) groups is 1. The summed E-state index contributed by atoms with van der Waals surface area (Å²) >= 11 is 0. The molecule has 12 heteroatoms. The van der Waals surface area contributed by atoms with Gasteiger partial charge in [-0.3, -0.25) is 0 Å². The molecule has 1 saturated heterocycles. The van der Waals surface area contributed by atoms with Crippen LogP contribution < -0.4 is 4.90 Å². The van der Waals surface area contributed by atoms with Crippen LogP contribution in [-0.4, -0.2) is 78.2 Å². The van der Waals surface area contributed by atoms with Gasteiger partial charge in [0.2, 0.25) is 0 Å². The molecule has 46 heavy (non-hydrogen) atoms. The highest BCUT2D eigenvalue weighted by Crippen LogP contribution is 2.38. The predicted octanol–water partition coefficient (Wildman–Crippen LogP) is 4.82. The molecule has 0 aliphatic carbocycles. The molecule has 3 aromatic heterocycles. The average molecular weight is 632 g/mol. The number of aliphatic hydroxyl groups is 1. The Balaban J connectivity index is 1.57. The van der Waals surface area contributed by atoms with Crippen LogP contribution in [0.4, 0.5) is 5.82 Å². The van der Waals surface area contributed by atoms with E-state index in [4.69, 9.17) is 24.3 Å². The number of aryl methyl sites for hydroxylation is 1. The predicted molar refractivity (Wildman–Crippen MR) is 174 cm³/mol. The molecular weight excluding hydrogens is 586 g/mol. The van der Waals surface area contributed by atoms with Crippen molar-refractivity contribution >= 4 is 17.4 Å². The Kier molecular flexibility index (Phi) is 9.90. The van der Waals surface area contributed by atoms with E-state index in [-0.39, 0.29) is 18.8 Å². The van der Waals surface area contributed by atoms with Gasteiger partial charge in [0.1, 0.15) is 11.5 Å². The van der Waals surface area contributed by atoms with Gasteiger partial charge in [-0.1, -0.05) is 35.6 Å². The van der Waals surface area contributed by atoms with Crippen molar-refractivity contribution in [1.29, 1.82) is 0 Å². The maximum absolute atomic E-state index is 13.5. The van der Waals surface area contributed by atoms with Gasteiger partial charge in [-0.15, -0.1) is 11.7 Å². The summed E-state index contributed by atoms with van der Waals surface area (Å²) in [5, 5.41) is 23.5. The fraction of sp³-hybridized carbons (Fsp3) is 0.500. The Morgan fingerprint density at radius 1 is 1.22 bits per heavy atom. The third-order valence-electron chi connectivity index (χ3n) is 8.09. The monoisotopic (exact) mass is 631 g/mol. The van der Waals surface area contributed by atoms with Crippen LogP contribution in [0.5, 0.6) is 0 Å². The lowest BCUT2D eigenvalue weighted by Crippen LogP contribution is -2.45. The number of esters is 1. The van der Waals surface area contributed by atoms with Crippen molar-refractivity contribution in [3.63, 3.8) is 0 Å². The summed E-state index contributed by atoms with van der Waals surface area (Å²) in [6, 6.07) is 9.49. The minimum atomic E-state index is -1.01. The zero-order chi connectivity index (χ0) is 33.1. The van der Waals surface area contributed by atoms with E-state index < -0.39 is 17.7 Å². The Bertz CT molecular complexity index is 1680. The van der Waals surface area contributed by atoms with E-state index in [1.807, 2.05) is 68.7 Å².